The van der Waals surface area contributed by atoms with Crippen LogP contribution in [0.1, 0.15) is 47.2 Å². The Kier molecular flexibility index (Phi) is 15.6. The smallest absolute Gasteiger partial charge is 0.154 e. The Morgan fingerprint density at radius 2 is 0.931 bits per heavy atom. The molecule has 5 heteroatoms. The predicted molar refractivity (Wildman–Crippen MR) is 248 cm³/mol. The molecule has 6 N–H and O–H groups in total. The lowest BCUT2D eigenvalue weighted by Crippen LogP contribution is -2.15. The Balaban J connectivity index is 0.000000173. The van der Waals surface area contributed by atoms with Gasteiger partial charge in [-0.3, -0.25) is 10.8 Å². The molecule has 0 bridgehead atoms. The van der Waals surface area contributed by atoms with Gasteiger partial charge in [-0.1, -0.05) is 226 Å². The van der Waals surface area contributed by atoms with Crippen LogP contribution in [0.25, 0.3) is 33.0 Å². The van der Waals surface area contributed by atoms with Crippen LogP contribution < -0.4 is 11.5 Å². The van der Waals surface area contributed by atoms with Crippen molar-refractivity contribution in [1.29, 1.82) is 10.8 Å². The molecule has 8 rings (SSSR count). The van der Waals surface area contributed by atoms with Crippen molar-refractivity contribution in [3.8, 4) is 22.3 Å². The molecule has 5 nitrogen and oxygen atoms in total. The van der Waals surface area contributed by atoms with E-state index < -0.39 is 0 Å². The zero-order chi connectivity index (χ0) is 41.1. The van der Waals surface area contributed by atoms with E-state index in [4.69, 9.17) is 22.3 Å². The summed E-state index contributed by atoms with van der Waals surface area (Å²) in [6.45, 7) is 6.11. The molecule has 8 aromatic carbocycles. The van der Waals surface area contributed by atoms with Crippen molar-refractivity contribution < 1.29 is 0 Å². The van der Waals surface area contributed by atoms with Gasteiger partial charge in [-0.05, 0) is 57.5 Å². The lowest BCUT2D eigenvalue weighted by molar-refractivity contribution is 1.19. The number of nitrogens with zero attached hydrogens (tertiary/aromatic N) is 1. The molecule has 0 unspecified atom stereocenters. The molecule has 0 spiro atoms. The maximum Gasteiger partial charge on any atom is 0.154 e. The molecule has 58 heavy (non-hydrogen) atoms. The van der Waals surface area contributed by atoms with Crippen LogP contribution >= 0.6 is 0 Å². The standard InChI is InChI=1S/C24H20N2.C14H13N3.C13H12.C2H6/c1-16-6-8-19(9-7-16)23-21-5-3-2-4-17(21)14-15-22(23)18-10-12-20(13-11-18)24(25)26;15-13(11-7-3-1-4-8-11)17-14(16)12-9-5-2-6-10-12;1-3-7-12(8-4-1)11-13-9-5-2-6-10-13;1-2/h2-15H,1H3,(H3,25,26);1-10H,(H3,15,16,17);1-10H,11H2;1-2H3. The van der Waals surface area contributed by atoms with Crippen LogP contribution in [-0.2, 0) is 6.42 Å². The van der Waals surface area contributed by atoms with Crippen molar-refractivity contribution >= 4 is 28.3 Å². The van der Waals surface area contributed by atoms with Crippen LogP contribution in [0.4, 0.5) is 0 Å². The number of benzene rings is 8. The molecule has 0 aromatic heterocycles. The molecule has 0 aliphatic carbocycles. The summed E-state index contributed by atoms with van der Waals surface area (Å²) < 4.78 is 0. The number of nitrogens with two attached hydrogens (primary N) is 2. The highest BCUT2D eigenvalue weighted by Crippen LogP contribution is 2.38. The fourth-order valence-electron chi connectivity index (χ4n) is 6.25. The van der Waals surface area contributed by atoms with Gasteiger partial charge in [0.25, 0.3) is 0 Å². The van der Waals surface area contributed by atoms with Gasteiger partial charge in [0.05, 0.1) is 0 Å². The SMILES string of the molecule is CC.Cc1ccc(-c2c(-c3ccc(C(=N)N)cc3)ccc3ccccc23)cc1.N=C(N=C(N)c1ccccc1)c1ccccc1.c1ccc(Cc2ccccc2)cc1. The number of nitrogens with one attached hydrogen (secondary N) is 2. The molecular weight excluding hydrogens is 707 g/mol. The summed E-state index contributed by atoms with van der Waals surface area (Å²) in [4.78, 5) is 4.10. The van der Waals surface area contributed by atoms with E-state index in [1.54, 1.807) is 0 Å². The minimum absolute atomic E-state index is 0.0915. The maximum absolute atomic E-state index is 7.84. The van der Waals surface area contributed by atoms with E-state index in [0.717, 1.165) is 28.7 Å². The highest BCUT2D eigenvalue weighted by atomic mass is 14.9. The summed E-state index contributed by atoms with van der Waals surface area (Å²) in [6.07, 6.45) is 1.03. The Bertz CT molecular complexity index is 2470. The summed E-state index contributed by atoms with van der Waals surface area (Å²) >= 11 is 0. The van der Waals surface area contributed by atoms with Crippen LogP contribution in [-0.4, -0.2) is 17.5 Å². The van der Waals surface area contributed by atoms with E-state index in [2.05, 4.69) is 133 Å². The fourth-order valence-corrected chi connectivity index (χ4v) is 6.25. The maximum atomic E-state index is 7.84. The lowest BCUT2D eigenvalue weighted by atomic mass is 9.89. The molecule has 0 atom stereocenters. The number of nitrogen functional groups attached to an aromatic ring is 1. The highest BCUT2D eigenvalue weighted by molar-refractivity contribution is 6.09. The molecule has 8 aromatic rings. The van der Waals surface area contributed by atoms with Crippen molar-refractivity contribution in [3.63, 3.8) is 0 Å². The largest absolute Gasteiger partial charge is 0.384 e. The van der Waals surface area contributed by atoms with Gasteiger partial charge in [0.15, 0.2) is 5.84 Å². The number of amidine groups is 3. The van der Waals surface area contributed by atoms with Gasteiger partial charge in [0.1, 0.15) is 11.7 Å². The van der Waals surface area contributed by atoms with Gasteiger partial charge >= 0.3 is 0 Å². The molecule has 0 aliphatic rings. The van der Waals surface area contributed by atoms with E-state index in [9.17, 15) is 0 Å². The molecule has 288 valence electrons. The lowest BCUT2D eigenvalue weighted by Gasteiger charge is -2.15. The fraction of sp³-hybridized carbons (Fsp3) is 0.0755. The molecule has 0 radical (unpaired) electrons. The number of hydrogen-bond donors (Lipinski definition) is 4. The first-order chi connectivity index (χ1) is 28.4. The first kappa shape index (κ1) is 41.8. The van der Waals surface area contributed by atoms with Crippen molar-refractivity contribution in [2.24, 2.45) is 16.5 Å². The Morgan fingerprint density at radius 3 is 1.47 bits per heavy atom. The first-order valence-electron chi connectivity index (χ1n) is 19.5. The van der Waals surface area contributed by atoms with Crippen molar-refractivity contribution in [3.05, 3.63) is 240 Å². The normalized spacial score (nSPS) is 10.4. The topological polar surface area (TPSA) is 112 Å². The summed E-state index contributed by atoms with van der Waals surface area (Å²) in [6, 6.07) is 69.2. The number of aliphatic imine (C=N–C) groups is 1. The average molecular weight is 758 g/mol. The second kappa shape index (κ2) is 21.6. The molecule has 0 fully saturated rings. The Hall–Kier alpha value is -7.37. The zero-order valence-corrected chi connectivity index (χ0v) is 33.4. The Morgan fingerprint density at radius 1 is 0.466 bits per heavy atom. The van der Waals surface area contributed by atoms with E-state index in [1.807, 2.05) is 98.8 Å². The van der Waals surface area contributed by atoms with Crippen LogP contribution in [0.5, 0.6) is 0 Å². The minimum Gasteiger partial charge on any atom is -0.384 e. The second-order valence-corrected chi connectivity index (χ2v) is 13.3. The monoisotopic (exact) mass is 757 g/mol. The van der Waals surface area contributed by atoms with Crippen molar-refractivity contribution in [2.75, 3.05) is 0 Å². The molecule has 0 saturated carbocycles. The van der Waals surface area contributed by atoms with Gasteiger partial charge in [0, 0.05) is 16.7 Å². The molecular formula is C53H51N5. The molecule has 0 saturated heterocycles. The van der Waals surface area contributed by atoms with Crippen LogP contribution in [0, 0.1) is 17.7 Å². The van der Waals surface area contributed by atoms with Gasteiger partial charge in [-0.15, -0.1) is 0 Å². The van der Waals surface area contributed by atoms with Gasteiger partial charge in [-0.2, -0.15) is 0 Å². The number of rotatable bonds is 7. The predicted octanol–water partition coefficient (Wildman–Crippen LogP) is 12.5. The van der Waals surface area contributed by atoms with Crippen LogP contribution in [0.2, 0.25) is 0 Å². The summed E-state index contributed by atoms with van der Waals surface area (Å²) in [7, 11) is 0. The quantitative estimate of drug-likeness (QED) is 0.0958. The van der Waals surface area contributed by atoms with Crippen LogP contribution in [0.3, 0.4) is 0 Å². The summed E-state index contributed by atoms with van der Waals surface area (Å²) in [5.41, 5.74) is 22.5. The minimum atomic E-state index is 0.0915. The average Bonchev–Trinajstić information content (AvgIpc) is 3.29. The third-order valence-corrected chi connectivity index (χ3v) is 9.22. The highest BCUT2D eigenvalue weighted by Gasteiger charge is 2.12. The van der Waals surface area contributed by atoms with Gasteiger partial charge in [-0.25, -0.2) is 4.99 Å². The third kappa shape index (κ3) is 11.8. The second-order valence-electron chi connectivity index (χ2n) is 13.3. The van der Waals surface area contributed by atoms with Crippen molar-refractivity contribution in [1.82, 2.24) is 0 Å². The Labute approximate surface area is 343 Å². The number of hydrogen-bond acceptors (Lipinski definition) is 2. The summed E-state index contributed by atoms with van der Waals surface area (Å²) in [5.74, 6) is 0.625. The van der Waals surface area contributed by atoms with E-state index in [1.165, 1.54) is 44.2 Å². The first-order valence-corrected chi connectivity index (χ1v) is 19.5. The number of aryl methyl sites for hydroxylation is 1. The zero-order valence-electron chi connectivity index (χ0n) is 33.4. The van der Waals surface area contributed by atoms with Gasteiger partial charge in [0.2, 0.25) is 0 Å². The van der Waals surface area contributed by atoms with E-state index >= 15 is 0 Å². The molecule has 0 aliphatic heterocycles. The van der Waals surface area contributed by atoms with Gasteiger partial charge < -0.3 is 11.5 Å². The third-order valence-electron chi connectivity index (χ3n) is 9.22. The number of fused-ring (bicyclic) bond motifs is 1. The molecule has 0 amide bonds. The summed E-state index contributed by atoms with van der Waals surface area (Å²) in [5, 5.41) is 17.9. The van der Waals surface area contributed by atoms with Crippen LogP contribution in [0.15, 0.2) is 211 Å². The van der Waals surface area contributed by atoms with Crippen molar-refractivity contribution in [2.45, 2.75) is 27.2 Å². The van der Waals surface area contributed by atoms with E-state index in [-0.39, 0.29) is 11.7 Å². The van der Waals surface area contributed by atoms with E-state index in [0.29, 0.717) is 5.84 Å². The molecule has 0 heterocycles.